The third-order valence-electron chi connectivity index (χ3n) is 3.02. The van der Waals surface area contributed by atoms with Crippen LogP contribution < -0.4 is 0 Å². The number of fused-ring (bicyclic) bond motifs is 1. The number of aromatic nitrogens is 1. The number of carbonyl (C=O) groups is 1. The van der Waals surface area contributed by atoms with Gasteiger partial charge in [0.15, 0.2) is 5.54 Å². The molecule has 1 N–H and O–H groups in total. The summed E-state index contributed by atoms with van der Waals surface area (Å²) in [5.74, 6) is -0.902. The maximum atomic E-state index is 11.5. The topological polar surface area (TPSA) is 51.5 Å². The van der Waals surface area contributed by atoms with Gasteiger partial charge in [0.1, 0.15) is 0 Å². The molecular weight excluding hydrogens is 218 g/mol. The SMILES string of the molecule is COCC(C)(C(=O)O)n1ccc2ccccc21. The summed E-state index contributed by atoms with van der Waals surface area (Å²) >= 11 is 0. The number of carboxylic acids is 1. The van der Waals surface area contributed by atoms with Gasteiger partial charge in [-0.15, -0.1) is 0 Å². The minimum Gasteiger partial charge on any atom is -0.479 e. The van der Waals surface area contributed by atoms with E-state index in [9.17, 15) is 9.90 Å². The maximum Gasteiger partial charge on any atom is 0.332 e. The van der Waals surface area contributed by atoms with Crippen molar-refractivity contribution < 1.29 is 14.6 Å². The second-order valence-electron chi connectivity index (χ2n) is 4.26. The number of para-hydroxylation sites is 1. The van der Waals surface area contributed by atoms with Gasteiger partial charge in [-0.2, -0.15) is 0 Å². The van der Waals surface area contributed by atoms with Crippen molar-refractivity contribution in [2.75, 3.05) is 13.7 Å². The van der Waals surface area contributed by atoms with E-state index in [4.69, 9.17) is 4.74 Å². The Labute approximate surface area is 99.4 Å². The van der Waals surface area contributed by atoms with Gasteiger partial charge in [0.2, 0.25) is 0 Å². The van der Waals surface area contributed by atoms with Crippen molar-refractivity contribution in [3.05, 3.63) is 36.5 Å². The highest BCUT2D eigenvalue weighted by Gasteiger charge is 2.35. The van der Waals surface area contributed by atoms with Gasteiger partial charge in [0, 0.05) is 18.8 Å². The van der Waals surface area contributed by atoms with Gasteiger partial charge in [0.05, 0.1) is 6.61 Å². The van der Waals surface area contributed by atoms with E-state index >= 15 is 0 Å². The fraction of sp³-hybridized carbons (Fsp3) is 0.308. The molecule has 0 amide bonds. The van der Waals surface area contributed by atoms with Crippen LogP contribution in [-0.4, -0.2) is 29.4 Å². The Morgan fingerprint density at radius 1 is 1.41 bits per heavy atom. The molecular formula is C13H15NO3. The molecule has 4 nitrogen and oxygen atoms in total. The lowest BCUT2D eigenvalue weighted by atomic mass is 10.0. The molecule has 90 valence electrons. The van der Waals surface area contributed by atoms with Crippen molar-refractivity contribution in [3.63, 3.8) is 0 Å². The molecule has 0 bridgehead atoms. The van der Waals surface area contributed by atoms with Crippen LogP contribution in [0.3, 0.4) is 0 Å². The van der Waals surface area contributed by atoms with Crippen molar-refractivity contribution in [2.24, 2.45) is 0 Å². The largest absolute Gasteiger partial charge is 0.479 e. The van der Waals surface area contributed by atoms with Crippen LogP contribution in [0.4, 0.5) is 0 Å². The number of aliphatic carboxylic acids is 1. The summed E-state index contributed by atoms with van der Waals surface area (Å²) in [5, 5.41) is 10.4. The number of benzene rings is 1. The van der Waals surface area contributed by atoms with Crippen molar-refractivity contribution in [1.82, 2.24) is 4.57 Å². The Hall–Kier alpha value is -1.81. The lowest BCUT2D eigenvalue weighted by Gasteiger charge is -2.27. The summed E-state index contributed by atoms with van der Waals surface area (Å²) in [4.78, 5) is 11.5. The fourth-order valence-corrected chi connectivity index (χ4v) is 2.03. The monoisotopic (exact) mass is 233 g/mol. The van der Waals surface area contributed by atoms with Crippen molar-refractivity contribution >= 4 is 16.9 Å². The molecule has 2 rings (SSSR count). The predicted molar refractivity (Wildman–Crippen MR) is 65.1 cm³/mol. The van der Waals surface area contributed by atoms with E-state index in [-0.39, 0.29) is 6.61 Å². The smallest absolute Gasteiger partial charge is 0.332 e. The summed E-state index contributed by atoms with van der Waals surface area (Å²) in [6, 6.07) is 9.61. The molecule has 1 unspecified atom stereocenters. The molecule has 0 aliphatic carbocycles. The summed E-state index contributed by atoms with van der Waals surface area (Å²) in [6.07, 6.45) is 1.79. The standard InChI is InChI=1S/C13H15NO3/c1-13(9-17-2,12(15)16)14-8-7-10-5-3-4-6-11(10)14/h3-8H,9H2,1-2H3,(H,15,16). The van der Waals surface area contributed by atoms with Gasteiger partial charge in [0.25, 0.3) is 0 Å². The zero-order valence-corrected chi connectivity index (χ0v) is 9.88. The molecule has 0 aliphatic heterocycles. The van der Waals surface area contributed by atoms with E-state index in [0.29, 0.717) is 0 Å². The molecule has 0 spiro atoms. The highest BCUT2D eigenvalue weighted by atomic mass is 16.5. The van der Waals surface area contributed by atoms with Crippen LogP contribution in [-0.2, 0) is 15.1 Å². The fourth-order valence-electron chi connectivity index (χ4n) is 2.03. The number of carboxylic acid groups (broad SMARTS) is 1. The quantitative estimate of drug-likeness (QED) is 0.879. The third-order valence-corrected chi connectivity index (χ3v) is 3.02. The van der Waals surface area contributed by atoms with Crippen LogP contribution in [0.1, 0.15) is 6.92 Å². The first kappa shape index (κ1) is 11.7. The Balaban J connectivity index is 2.60. The van der Waals surface area contributed by atoms with Crippen LogP contribution >= 0.6 is 0 Å². The number of rotatable bonds is 4. The van der Waals surface area contributed by atoms with Gasteiger partial charge >= 0.3 is 5.97 Å². The van der Waals surface area contributed by atoms with E-state index in [2.05, 4.69) is 0 Å². The summed E-state index contributed by atoms with van der Waals surface area (Å²) in [6.45, 7) is 1.78. The summed E-state index contributed by atoms with van der Waals surface area (Å²) < 4.78 is 6.78. The lowest BCUT2D eigenvalue weighted by molar-refractivity contribution is -0.149. The van der Waals surface area contributed by atoms with E-state index in [1.807, 2.05) is 30.3 Å². The number of nitrogens with zero attached hydrogens (tertiary/aromatic N) is 1. The molecule has 0 saturated carbocycles. The van der Waals surface area contributed by atoms with Gasteiger partial charge in [-0.25, -0.2) is 4.79 Å². The Morgan fingerprint density at radius 2 is 2.12 bits per heavy atom. The molecule has 1 heterocycles. The second kappa shape index (κ2) is 4.22. The Bertz CT molecular complexity index is 546. The number of ether oxygens (including phenoxy) is 1. The normalized spacial score (nSPS) is 14.7. The molecule has 4 heteroatoms. The Morgan fingerprint density at radius 3 is 2.76 bits per heavy atom. The highest BCUT2D eigenvalue weighted by molar-refractivity contribution is 5.84. The third kappa shape index (κ3) is 1.80. The molecule has 0 fully saturated rings. The molecule has 0 radical (unpaired) electrons. The summed E-state index contributed by atoms with van der Waals surface area (Å²) in [5.41, 5.74) is -0.188. The highest BCUT2D eigenvalue weighted by Crippen LogP contribution is 2.25. The van der Waals surface area contributed by atoms with Gasteiger partial charge in [-0.1, -0.05) is 18.2 Å². The van der Waals surface area contributed by atoms with E-state index in [1.165, 1.54) is 7.11 Å². The summed E-state index contributed by atoms with van der Waals surface area (Å²) in [7, 11) is 1.51. The van der Waals surface area contributed by atoms with Crippen LogP contribution in [0.2, 0.25) is 0 Å². The molecule has 1 atom stereocenters. The van der Waals surface area contributed by atoms with Crippen LogP contribution in [0.15, 0.2) is 36.5 Å². The molecule has 1 aromatic carbocycles. The number of hydrogen-bond acceptors (Lipinski definition) is 2. The molecule has 1 aromatic heterocycles. The molecule has 0 aliphatic rings. The van der Waals surface area contributed by atoms with Crippen molar-refractivity contribution in [1.29, 1.82) is 0 Å². The first-order chi connectivity index (χ1) is 8.09. The van der Waals surface area contributed by atoms with Gasteiger partial charge in [-0.3, -0.25) is 0 Å². The van der Waals surface area contributed by atoms with Gasteiger partial charge < -0.3 is 14.4 Å². The van der Waals surface area contributed by atoms with E-state index in [1.54, 1.807) is 17.7 Å². The first-order valence-electron chi connectivity index (χ1n) is 5.38. The van der Waals surface area contributed by atoms with Crippen LogP contribution in [0, 0.1) is 0 Å². The van der Waals surface area contributed by atoms with Crippen molar-refractivity contribution in [2.45, 2.75) is 12.5 Å². The zero-order valence-electron chi connectivity index (χ0n) is 9.88. The minimum atomic E-state index is -1.09. The molecule has 17 heavy (non-hydrogen) atoms. The number of methoxy groups -OCH3 is 1. The van der Waals surface area contributed by atoms with Gasteiger partial charge in [-0.05, 0) is 24.4 Å². The van der Waals surface area contributed by atoms with E-state index < -0.39 is 11.5 Å². The average molecular weight is 233 g/mol. The molecule has 0 saturated heterocycles. The zero-order chi connectivity index (χ0) is 12.5. The minimum absolute atomic E-state index is 0.126. The first-order valence-corrected chi connectivity index (χ1v) is 5.38. The van der Waals surface area contributed by atoms with Crippen LogP contribution in [0.25, 0.3) is 10.9 Å². The van der Waals surface area contributed by atoms with Crippen LogP contribution in [0.5, 0.6) is 0 Å². The van der Waals surface area contributed by atoms with Crippen molar-refractivity contribution in [3.8, 4) is 0 Å². The number of hydrogen-bond donors (Lipinski definition) is 1. The molecule has 2 aromatic rings. The lowest BCUT2D eigenvalue weighted by Crippen LogP contribution is -2.42. The average Bonchev–Trinajstić information content (AvgIpc) is 2.73. The second-order valence-corrected chi connectivity index (χ2v) is 4.26. The van der Waals surface area contributed by atoms with E-state index in [0.717, 1.165) is 10.9 Å². The Kier molecular flexibility index (Phi) is 2.90. The maximum absolute atomic E-state index is 11.5. The predicted octanol–water partition coefficient (Wildman–Crippen LogP) is 2.09.